The van der Waals surface area contributed by atoms with E-state index in [0.717, 1.165) is 5.69 Å². The lowest BCUT2D eigenvalue weighted by Crippen LogP contribution is -2.21. The molecule has 0 bridgehead atoms. The molecule has 0 spiro atoms. The van der Waals surface area contributed by atoms with Gasteiger partial charge in [0.15, 0.2) is 0 Å². The van der Waals surface area contributed by atoms with Crippen molar-refractivity contribution in [3.8, 4) is 0 Å². The van der Waals surface area contributed by atoms with E-state index in [1.165, 1.54) is 22.3 Å². The Morgan fingerprint density at radius 2 is 2.24 bits per heavy atom. The number of carbonyl (C=O) groups excluding carboxylic acids is 1. The second-order valence-electron chi connectivity index (χ2n) is 4.52. The molecule has 2 aromatic rings. The number of anilines is 1. The largest absolute Gasteiger partial charge is 0.374 e. The van der Waals surface area contributed by atoms with Crippen molar-refractivity contribution < 1.29 is 9.72 Å². The van der Waals surface area contributed by atoms with Gasteiger partial charge in [0.1, 0.15) is 5.69 Å². The minimum absolute atomic E-state index is 0.127. The fourth-order valence-electron chi connectivity index (χ4n) is 1.73. The molecule has 21 heavy (non-hydrogen) atoms. The normalized spacial score (nSPS) is 10.2. The molecule has 8 heteroatoms. The number of nitrogens with one attached hydrogen (secondary N) is 1. The molecule has 1 N–H and O–H groups in total. The Labute approximate surface area is 125 Å². The zero-order chi connectivity index (χ0) is 15.4. The highest BCUT2D eigenvalue weighted by Gasteiger charge is 2.18. The first-order valence-corrected chi connectivity index (χ1v) is 7.04. The zero-order valence-corrected chi connectivity index (χ0v) is 12.4. The van der Waals surface area contributed by atoms with Crippen LogP contribution in [-0.2, 0) is 6.54 Å². The first-order chi connectivity index (χ1) is 9.99. The molecule has 2 rings (SSSR count). The van der Waals surface area contributed by atoms with Crippen LogP contribution in [0.25, 0.3) is 0 Å². The van der Waals surface area contributed by atoms with Crippen molar-refractivity contribution in [3.05, 3.63) is 50.5 Å². The summed E-state index contributed by atoms with van der Waals surface area (Å²) in [6.45, 7) is 0.394. The summed E-state index contributed by atoms with van der Waals surface area (Å²) >= 11 is 1.46. The van der Waals surface area contributed by atoms with Gasteiger partial charge in [0, 0.05) is 31.1 Å². The van der Waals surface area contributed by atoms with Crippen LogP contribution in [0.2, 0.25) is 0 Å². The molecule has 0 aliphatic carbocycles. The third-order valence-corrected chi connectivity index (χ3v) is 3.43. The van der Waals surface area contributed by atoms with E-state index >= 15 is 0 Å². The van der Waals surface area contributed by atoms with Crippen molar-refractivity contribution in [1.29, 1.82) is 0 Å². The van der Waals surface area contributed by atoms with E-state index in [4.69, 9.17) is 0 Å². The van der Waals surface area contributed by atoms with Crippen LogP contribution in [0.3, 0.4) is 0 Å². The van der Waals surface area contributed by atoms with E-state index in [-0.39, 0.29) is 17.2 Å². The molecule has 0 aliphatic heterocycles. The van der Waals surface area contributed by atoms with Crippen molar-refractivity contribution in [2.75, 3.05) is 19.4 Å². The molecule has 0 aliphatic rings. The average Bonchev–Trinajstić information content (AvgIpc) is 2.97. The number of hydrogen-bond donors (Lipinski definition) is 1. The molecule has 110 valence electrons. The van der Waals surface area contributed by atoms with Gasteiger partial charge in [-0.1, -0.05) is 0 Å². The van der Waals surface area contributed by atoms with Crippen LogP contribution in [0.5, 0.6) is 0 Å². The molecular formula is C13H14N4O3S. The molecule has 0 saturated heterocycles. The Balaban J connectivity index is 2.25. The molecule has 0 unspecified atom stereocenters. The fourth-order valence-corrected chi connectivity index (χ4v) is 2.29. The summed E-state index contributed by atoms with van der Waals surface area (Å²) in [5.41, 5.74) is 3.03. The number of rotatable bonds is 5. The molecule has 7 nitrogen and oxygen atoms in total. The SMILES string of the molecule is CN(C)C(=O)c1ccc(NCc2cscn2)c([N+](=O)[O-])c1. The van der Waals surface area contributed by atoms with Crippen LogP contribution in [0.1, 0.15) is 16.1 Å². The second-order valence-corrected chi connectivity index (χ2v) is 5.24. The maximum Gasteiger partial charge on any atom is 0.293 e. The summed E-state index contributed by atoms with van der Waals surface area (Å²) in [6, 6.07) is 4.39. The number of thiazole rings is 1. The summed E-state index contributed by atoms with van der Waals surface area (Å²) in [5.74, 6) is -0.274. The number of nitrogens with zero attached hydrogens (tertiary/aromatic N) is 3. The van der Waals surface area contributed by atoms with Crippen LogP contribution in [0.4, 0.5) is 11.4 Å². The zero-order valence-electron chi connectivity index (χ0n) is 11.6. The monoisotopic (exact) mass is 306 g/mol. The average molecular weight is 306 g/mol. The Hall–Kier alpha value is -2.48. The summed E-state index contributed by atoms with van der Waals surface area (Å²) in [6.07, 6.45) is 0. The summed E-state index contributed by atoms with van der Waals surface area (Å²) < 4.78 is 0. The van der Waals surface area contributed by atoms with Crippen LogP contribution in [-0.4, -0.2) is 34.8 Å². The Kier molecular flexibility index (Phi) is 4.49. The topological polar surface area (TPSA) is 88.4 Å². The van der Waals surface area contributed by atoms with Crippen LogP contribution >= 0.6 is 11.3 Å². The number of aromatic nitrogens is 1. The first kappa shape index (κ1) is 14.9. The fraction of sp³-hybridized carbons (Fsp3) is 0.231. The van der Waals surface area contributed by atoms with Gasteiger partial charge in [-0.3, -0.25) is 14.9 Å². The summed E-state index contributed by atoms with van der Waals surface area (Å²) in [7, 11) is 3.20. The van der Waals surface area contributed by atoms with Gasteiger partial charge in [-0.25, -0.2) is 4.98 Å². The summed E-state index contributed by atoms with van der Waals surface area (Å²) in [4.78, 5) is 28.0. The highest BCUT2D eigenvalue weighted by Crippen LogP contribution is 2.26. The summed E-state index contributed by atoms with van der Waals surface area (Å²) in [5, 5.41) is 16.0. The Bertz CT molecular complexity index is 655. The van der Waals surface area contributed by atoms with Crippen molar-refractivity contribution in [1.82, 2.24) is 9.88 Å². The molecule has 1 heterocycles. The highest BCUT2D eigenvalue weighted by atomic mass is 32.1. The number of amides is 1. The number of nitro benzene ring substituents is 1. The first-order valence-electron chi connectivity index (χ1n) is 6.10. The third-order valence-electron chi connectivity index (χ3n) is 2.79. The van der Waals surface area contributed by atoms with Gasteiger partial charge in [-0.15, -0.1) is 11.3 Å². The smallest absolute Gasteiger partial charge is 0.293 e. The standard InChI is InChI=1S/C13H14N4O3S/c1-16(2)13(18)9-3-4-11(12(5-9)17(19)20)14-6-10-7-21-8-15-10/h3-5,7-8,14H,6H2,1-2H3. The van der Waals surface area contributed by atoms with Crippen molar-refractivity contribution in [3.63, 3.8) is 0 Å². The van der Waals surface area contributed by atoms with E-state index in [1.54, 1.807) is 31.7 Å². The molecule has 1 aromatic carbocycles. The third kappa shape index (κ3) is 3.54. The van der Waals surface area contributed by atoms with E-state index in [9.17, 15) is 14.9 Å². The van der Waals surface area contributed by atoms with Gasteiger partial charge in [0.2, 0.25) is 0 Å². The highest BCUT2D eigenvalue weighted by molar-refractivity contribution is 7.07. The molecule has 0 atom stereocenters. The molecule has 0 radical (unpaired) electrons. The van der Waals surface area contributed by atoms with E-state index in [1.807, 2.05) is 5.38 Å². The van der Waals surface area contributed by atoms with Crippen LogP contribution in [0.15, 0.2) is 29.1 Å². The van der Waals surface area contributed by atoms with Gasteiger partial charge in [0.25, 0.3) is 11.6 Å². The minimum atomic E-state index is -0.504. The van der Waals surface area contributed by atoms with Gasteiger partial charge >= 0.3 is 0 Å². The number of benzene rings is 1. The Morgan fingerprint density at radius 1 is 1.48 bits per heavy atom. The van der Waals surface area contributed by atoms with Gasteiger partial charge in [-0.05, 0) is 12.1 Å². The lowest BCUT2D eigenvalue weighted by atomic mass is 10.1. The Morgan fingerprint density at radius 3 is 2.81 bits per heavy atom. The molecular weight excluding hydrogens is 292 g/mol. The number of hydrogen-bond acceptors (Lipinski definition) is 6. The lowest BCUT2D eigenvalue weighted by Gasteiger charge is -2.11. The van der Waals surface area contributed by atoms with Crippen molar-refractivity contribution >= 4 is 28.6 Å². The quantitative estimate of drug-likeness (QED) is 0.676. The van der Waals surface area contributed by atoms with E-state index in [2.05, 4.69) is 10.3 Å². The van der Waals surface area contributed by atoms with Crippen molar-refractivity contribution in [2.24, 2.45) is 0 Å². The molecule has 1 amide bonds. The van der Waals surface area contributed by atoms with Crippen molar-refractivity contribution in [2.45, 2.75) is 6.54 Å². The van der Waals surface area contributed by atoms with Crippen LogP contribution in [0, 0.1) is 10.1 Å². The number of carbonyl (C=O) groups is 1. The van der Waals surface area contributed by atoms with E-state index in [0.29, 0.717) is 12.2 Å². The van der Waals surface area contributed by atoms with E-state index < -0.39 is 4.92 Å². The molecule has 0 fully saturated rings. The van der Waals surface area contributed by atoms with Gasteiger partial charge in [0.05, 0.1) is 22.7 Å². The van der Waals surface area contributed by atoms with Crippen LogP contribution < -0.4 is 5.32 Å². The second kappa shape index (κ2) is 6.31. The molecule has 1 aromatic heterocycles. The lowest BCUT2D eigenvalue weighted by molar-refractivity contribution is -0.384. The number of nitro groups is 1. The predicted octanol–water partition coefficient (Wildman–Crippen LogP) is 2.37. The van der Waals surface area contributed by atoms with Gasteiger partial charge in [-0.2, -0.15) is 0 Å². The predicted molar refractivity (Wildman–Crippen MR) is 80.6 cm³/mol. The molecule has 0 saturated carbocycles. The minimum Gasteiger partial charge on any atom is -0.374 e. The maximum atomic E-state index is 11.8. The van der Waals surface area contributed by atoms with Gasteiger partial charge < -0.3 is 10.2 Å². The maximum absolute atomic E-state index is 11.8.